The minimum Gasteiger partial charge on any atom is -0.372 e. The Morgan fingerprint density at radius 3 is 2.47 bits per heavy atom. The van der Waals surface area contributed by atoms with Crippen molar-refractivity contribution in [1.82, 2.24) is 9.66 Å². The Kier molecular flexibility index (Phi) is 5.27. The molecule has 3 aromatic carbocycles. The second kappa shape index (κ2) is 8.24. The number of nitrogens with zero attached hydrogens (tertiary/aromatic N) is 5. The molecule has 5 nitrogen and oxygen atoms in total. The molecule has 4 aromatic rings. The van der Waals surface area contributed by atoms with Gasteiger partial charge in [0.1, 0.15) is 11.4 Å². The first kappa shape index (κ1) is 20.5. The molecule has 0 bridgehead atoms. The van der Waals surface area contributed by atoms with E-state index >= 15 is 0 Å². The van der Waals surface area contributed by atoms with Gasteiger partial charge in [-0.1, -0.05) is 41.9 Å². The third-order valence-corrected chi connectivity index (χ3v) is 6.05. The molecule has 2 heterocycles. The minimum absolute atomic E-state index is 0.657. The van der Waals surface area contributed by atoms with Gasteiger partial charge in [0.05, 0.1) is 16.7 Å². The van der Waals surface area contributed by atoms with E-state index in [0.717, 1.165) is 58.2 Å². The number of aliphatic imine (C=N–C) groups is 1. The van der Waals surface area contributed by atoms with Gasteiger partial charge in [-0.05, 0) is 62.7 Å². The van der Waals surface area contributed by atoms with Crippen LogP contribution < -0.4 is 4.90 Å². The van der Waals surface area contributed by atoms with Gasteiger partial charge < -0.3 is 4.90 Å². The average Bonchev–Trinajstić information content (AvgIpc) is 3.33. The quantitative estimate of drug-likeness (QED) is 0.368. The SMILES string of the molecule is CCN(CC)c1ccc(N=C2C(c3ccccc3)=Nn3c2nc2ccc(Cl)cc23)c(C)c1. The van der Waals surface area contributed by atoms with Crippen LogP contribution in [0, 0.1) is 6.92 Å². The third kappa shape index (κ3) is 3.49. The number of rotatable bonds is 5. The summed E-state index contributed by atoms with van der Waals surface area (Å²) in [6.07, 6.45) is 0. The number of imidazole rings is 1. The highest BCUT2D eigenvalue weighted by atomic mass is 35.5. The van der Waals surface area contributed by atoms with E-state index in [1.165, 1.54) is 5.69 Å². The Hall–Kier alpha value is -3.44. The van der Waals surface area contributed by atoms with Crippen LogP contribution in [-0.2, 0) is 0 Å². The predicted octanol–water partition coefficient (Wildman–Crippen LogP) is 6.23. The van der Waals surface area contributed by atoms with Gasteiger partial charge in [-0.15, -0.1) is 0 Å². The molecule has 0 aliphatic carbocycles. The molecule has 0 amide bonds. The average molecular weight is 442 g/mol. The van der Waals surface area contributed by atoms with Crippen molar-refractivity contribution in [2.45, 2.75) is 20.8 Å². The fraction of sp³-hybridized carbons (Fsp3) is 0.192. The molecular weight excluding hydrogens is 418 g/mol. The molecule has 32 heavy (non-hydrogen) atoms. The summed E-state index contributed by atoms with van der Waals surface area (Å²) in [6, 6.07) is 22.2. The minimum atomic E-state index is 0.657. The summed E-state index contributed by atoms with van der Waals surface area (Å²) >= 11 is 6.26. The van der Waals surface area contributed by atoms with Crippen LogP contribution in [0.25, 0.3) is 11.0 Å². The van der Waals surface area contributed by atoms with E-state index in [4.69, 9.17) is 26.7 Å². The number of aromatic nitrogens is 2. The Morgan fingerprint density at radius 1 is 0.969 bits per heavy atom. The Labute approximate surface area is 192 Å². The fourth-order valence-corrected chi connectivity index (χ4v) is 4.27. The zero-order valence-corrected chi connectivity index (χ0v) is 19.1. The number of halogens is 1. The predicted molar refractivity (Wildman–Crippen MR) is 134 cm³/mol. The standard InChI is InChI=1S/C26H24ClN5/c1-4-31(5-2)20-12-14-21(17(3)15-20)28-25-24(18-9-7-6-8-10-18)30-32-23-16-19(27)11-13-22(23)29-26(25)32/h6-16H,4-5H2,1-3H3. The van der Waals surface area contributed by atoms with E-state index in [1.807, 2.05) is 53.2 Å². The first-order valence-corrected chi connectivity index (χ1v) is 11.2. The third-order valence-electron chi connectivity index (χ3n) is 5.82. The maximum absolute atomic E-state index is 6.26. The van der Waals surface area contributed by atoms with Crippen molar-refractivity contribution in [3.8, 4) is 0 Å². The molecule has 1 aromatic heterocycles. The van der Waals surface area contributed by atoms with Crippen LogP contribution >= 0.6 is 11.6 Å². The van der Waals surface area contributed by atoms with Gasteiger partial charge in [-0.25, -0.2) is 14.7 Å². The fourth-order valence-electron chi connectivity index (χ4n) is 4.11. The molecule has 0 unspecified atom stereocenters. The van der Waals surface area contributed by atoms with Gasteiger partial charge in [-0.2, -0.15) is 5.10 Å². The second-order valence-electron chi connectivity index (χ2n) is 7.80. The molecule has 5 rings (SSSR count). The van der Waals surface area contributed by atoms with E-state index in [1.54, 1.807) is 0 Å². The Morgan fingerprint density at radius 2 is 1.75 bits per heavy atom. The summed E-state index contributed by atoms with van der Waals surface area (Å²) in [6.45, 7) is 8.39. The molecule has 0 radical (unpaired) electrons. The summed E-state index contributed by atoms with van der Waals surface area (Å²) in [4.78, 5) is 12.3. The highest BCUT2D eigenvalue weighted by Gasteiger charge is 2.28. The Bertz CT molecular complexity index is 1360. The lowest BCUT2D eigenvalue weighted by atomic mass is 10.1. The smallest absolute Gasteiger partial charge is 0.183 e. The van der Waals surface area contributed by atoms with Crippen molar-refractivity contribution in [1.29, 1.82) is 0 Å². The van der Waals surface area contributed by atoms with Crippen molar-refractivity contribution < 1.29 is 0 Å². The molecule has 0 N–H and O–H groups in total. The van der Waals surface area contributed by atoms with Crippen LogP contribution in [0.1, 0.15) is 30.8 Å². The summed E-state index contributed by atoms with van der Waals surface area (Å²) in [5, 5.41) is 5.56. The maximum atomic E-state index is 6.26. The summed E-state index contributed by atoms with van der Waals surface area (Å²) in [7, 11) is 0. The van der Waals surface area contributed by atoms with Gasteiger partial charge in [0.15, 0.2) is 5.82 Å². The summed E-state index contributed by atoms with van der Waals surface area (Å²) < 4.78 is 1.85. The van der Waals surface area contributed by atoms with Gasteiger partial charge in [0, 0.05) is 29.4 Å². The van der Waals surface area contributed by atoms with E-state index in [0.29, 0.717) is 5.02 Å². The van der Waals surface area contributed by atoms with Crippen molar-refractivity contribution in [3.05, 3.63) is 88.7 Å². The molecule has 0 atom stereocenters. The van der Waals surface area contributed by atoms with Crippen LogP contribution in [0.3, 0.4) is 0 Å². The van der Waals surface area contributed by atoms with Gasteiger partial charge in [0.2, 0.25) is 0 Å². The second-order valence-corrected chi connectivity index (χ2v) is 8.23. The molecule has 1 aliphatic rings. The summed E-state index contributed by atoms with van der Waals surface area (Å²) in [5.41, 5.74) is 7.54. The van der Waals surface area contributed by atoms with Crippen molar-refractivity contribution >= 4 is 45.4 Å². The number of fused-ring (bicyclic) bond motifs is 3. The Balaban J connectivity index is 1.67. The van der Waals surface area contributed by atoms with Crippen LogP contribution in [0.2, 0.25) is 5.02 Å². The normalized spacial score (nSPS) is 14.1. The highest BCUT2D eigenvalue weighted by molar-refractivity contribution is 6.54. The zero-order chi connectivity index (χ0) is 22.2. The van der Waals surface area contributed by atoms with Crippen LogP contribution in [0.15, 0.2) is 76.8 Å². The van der Waals surface area contributed by atoms with Crippen LogP contribution in [-0.4, -0.2) is 34.2 Å². The topological polar surface area (TPSA) is 45.8 Å². The zero-order valence-electron chi connectivity index (χ0n) is 18.4. The van der Waals surface area contributed by atoms with E-state index < -0.39 is 0 Å². The maximum Gasteiger partial charge on any atom is 0.183 e. The summed E-state index contributed by atoms with van der Waals surface area (Å²) in [5.74, 6) is 0.730. The van der Waals surface area contributed by atoms with Gasteiger partial charge in [-0.3, -0.25) is 0 Å². The van der Waals surface area contributed by atoms with Crippen LogP contribution in [0.5, 0.6) is 0 Å². The molecule has 1 aliphatic heterocycles. The molecule has 0 saturated carbocycles. The van der Waals surface area contributed by atoms with Crippen LogP contribution in [0.4, 0.5) is 11.4 Å². The largest absolute Gasteiger partial charge is 0.372 e. The molecule has 0 spiro atoms. The number of anilines is 1. The number of hydrogen-bond acceptors (Lipinski definition) is 4. The first-order valence-electron chi connectivity index (χ1n) is 10.9. The highest BCUT2D eigenvalue weighted by Crippen LogP contribution is 2.30. The van der Waals surface area contributed by atoms with Gasteiger partial charge >= 0.3 is 0 Å². The van der Waals surface area contributed by atoms with Crippen molar-refractivity contribution in [2.75, 3.05) is 18.0 Å². The lowest BCUT2D eigenvalue weighted by Gasteiger charge is -2.21. The number of hydrogen-bond donors (Lipinski definition) is 0. The molecular formula is C26H24ClN5. The molecule has 0 saturated heterocycles. The number of benzene rings is 3. The molecule has 160 valence electrons. The van der Waals surface area contributed by atoms with E-state index in [-0.39, 0.29) is 0 Å². The van der Waals surface area contributed by atoms with Crippen molar-refractivity contribution in [3.63, 3.8) is 0 Å². The lowest BCUT2D eigenvalue weighted by Crippen LogP contribution is -2.21. The molecule has 6 heteroatoms. The van der Waals surface area contributed by atoms with E-state index in [2.05, 4.69) is 43.9 Å². The van der Waals surface area contributed by atoms with Gasteiger partial charge in [0.25, 0.3) is 0 Å². The molecule has 0 fully saturated rings. The van der Waals surface area contributed by atoms with E-state index in [9.17, 15) is 0 Å². The number of aryl methyl sites for hydroxylation is 1. The van der Waals surface area contributed by atoms with Crippen molar-refractivity contribution in [2.24, 2.45) is 10.1 Å². The first-order chi connectivity index (χ1) is 15.6. The monoisotopic (exact) mass is 441 g/mol. The lowest BCUT2D eigenvalue weighted by molar-refractivity contribution is 0.865.